The number of para-hydroxylation sites is 1. The number of sulfone groups is 1. The molecule has 5 aromatic rings. The van der Waals surface area contributed by atoms with Gasteiger partial charge in [-0.2, -0.15) is 5.26 Å². The summed E-state index contributed by atoms with van der Waals surface area (Å²) < 4.78 is 41.7. The van der Waals surface area contributed by atoms with Gasteiger partial charge in [0, 0.05) is 32.6 Å². The highest BCUT2D eigenvalue weighted by molar-refractivity contribution is 7.95. The van der Waals surface area contributed by atoms with Crippen molar-refractivity contribution >= 4 is 38.4 Å². The van der Waals surface area contributed by atoms with E-state index in [0.717, 1.165) is 11.1 Å². The maximum Gasteiger partial charge on any atom is 0.216 e. The first-order valence-corrected chi connectivity index (χ1v) is 12.8. The molecule has 1 heterocycles. The van der Waals surface area contributed by atoms with E-state index in [2.05, 4.69) is 4.98 Å². The number of allylic oxidation sites excluding steroid dienone is 1. The molecule has 4 nitrogen and oxygen atoms in total. The number of hydrogen-bond donors (Lipinski definition) is 1. The quantitative estimate of drug-likeness (QED) is 0.246. The van der Waals surface area contributed by atoms with Gasteiger partial charge in [0.2, 0.25) is 9.84 Å². The first kappa shape index (κ1) is 23.6. The van der Waals surface area contributed by atoms with Gasteiger partial charge in [0.25, 0.3) is 0 Å². The van der Waals surface area contributed by atoms with Gasteiger partial charge in [-0.25, -0.2) is 12.8 Å². The summed E-state index contributed by atoms with van der Waals surface area (Å²) in [7, 11) is -4.11. The summed E-state index contributed by atoms with van der Waals surface area (Å²) in [5, 5.41) is 10.9. The molecule has 0 radical (unpaired) electrons. The minimum Gasteiger partial charge on any atom is -0.354 e. The lowest BCUT2D eigenvalue weighted by molar-refractivity contribution is 0.603. The molecule has 0 spiro atoms. The molecule has 0 atom stereocenters. The highest BCUT2D eigenvalue weighted by Crippen LogP contribution is 2.35. The molecule has 176 valence electrons. The first-order chi connectivity index (χ1) is 17.4. The Kier molecular flexibility index (Phi) is 6.19. The van der Waals surface area contributed by atoms with Crippen LogP contribution in [0.15, 0.2) is 107 Å². The van der Waals surface area contributed by atoms with Crippen molar-refractivity contribution in [2.45, 2.75) is 4.90 Å². The average molecular weight is 513 g/mol. The number of aromatic amines is 1. The topological polar surface area (TPSA) is 73.7 Å². The third-order valence-corrected chi connectivity index (χ3v) is 7.82. The van der Waals surface area contributed by atoms with Crippen LogP contribution in [0.2, 0.25) is 5.02 Å². The largest absolute Gasteiger partial charge is 0.354 e. The van der Waals surface area contributed by atoms with Crippen molar-refractivity contribution in [2.24, 2.45) is 0 Å². The lowest BCUT2D eigenvalue weighted by atomic mass is 10.00. The van der Waals surface area contributed by atoms with Gasteiger partial charge in [0.05, 0.1) is 10.6 Å². The molecule has 7 heteroatoms. The second-order valence-electron chi connectivity index (χ2n) is 8.10. The van der Waals surface area contributed by atoms with Crippen molar-refractivity contribution in [2.75, 3.05) is 0 Å². The van der Waals surface area contributed by atoms with E-state index in [0.29, 0.717) is 32.8 Å². The number of fused-ring (bicyclic) bond motifs is 1. The molecule has 0 aliphatic heterocycles. The normalized spacial score (nSPS) is 12.0. The highest BCUT2D eigenvalue weighted by Gasteiger charge is 2.23. The zero-order chi connectivity index (χ0) is 25.3. The Balaban J connectivity index is 1.68. The molecule has 4 aromatic carbocycles. The van der Waals surface area contributed by atoms with Gasteiger partial charge < -0.3 is 4.98 Å². The Labute approximate surface area is 212 Å². The molecule has 5 rings (SSSR count). The summed E-state index contributed by atoms with van der Waals surface area (Å²) in [6.45, 7) is 0. The zero-order valence-corrected chi connectivity index (χ0v) is 20.3. The zero-order valence-electron chi connectivity index (χ0n) is 18.7. The molecule has 1 aromatic heterocycles. The third kappa shape index (κ3) is 4.31. The van der Waals surface area contributed by atoms with Crippen molar-refractivity contribution in [1.82, 2.24) is 4.98 Å². The minimum atomic E-state index is -4.11. The van der Waals surface area contributed by atoms with Crippen LogP contribution in [0.25, 0.3) is 39.4 Å². The van der Waals surface area contributed by atoms with Crippen LogP contribution in [0, 0.1) is 17.1 Å². The number of rotatable bonds is 5. The van der Waals surface area contributed by atoms with E-state index in [1.807, 2.05) is 60.7 Å². The average Bonchev–Trinajstić information content (AvgIpc) is 3.26. The van der Waals surface area contributed by atoms with Crippen LogP contribution < -0.4 is 0 Å². The van der Waals surface area contributed by atoms with Gasteiger partial charge >= 0.3 is 0 Å². The van der Waals surface area contributed by atoms with Crippen LogP contribution in [0.3, 0.4) is 0 Å². The molecule has 0 unspecified atom stereocenters. The van der Waals surface area contributed by atoms with E-state index in [1.54, 1.807) is 12.1 Å². The molecule has 0 saturated carbocycles. The summed E-state index contributed by atoms with van der Waals surface area (Å²) in [5.74, 6) is -0.415. The van der Waals surface area contributed by atoms with Crippen LogP contribution in [-0.4, -0.2) is 13.4 Å². The van der Waals surface area contributed by atoms with E-state index in [-0.39, 0.29) is 4.90 Å². The van der Waals surface area contributed by atoms with Crippen molar-refractivity contribution in [3.63, 3.8) is 0 Å². The Hall–Kier alpha value is -4.18. The number of halogens is 2. The van der Waals surface area contributed by atoms with Gasteiger partial charge in [-0.05, 0) is 48.0 Å². The summed E-state index contributed by atoms with van der Waals surface area (Å²) >= 11 is 5.90. The van der Waals surface area contributed by atoms with E-state index >= 15 is 4.39 Å². The standard InChI is InChI=1S/C29H18ClFN2O2S/c30-21-11-13-22(14-12-21)36(34,35)23(18-32)17-26-25-8-4-5-9-28(25)33-29(26)20-10-15-24(27(31)16-20)19-6-2-1-3-7-19/h1-17,33H. The predicted molar refractivity (Wildman–Crippen MR) is 141 cm³/mol. The lowest BCUT2D eigenvalue weighted by Gasteiger charge is -2.08. The summed E-state index contributed by atoms with van der Waals surface area (Å²) in [6, 6.07) is 28.8. The van der Waals surface area contributed by atoms with E-state index in [4.69, 9.17) is 11.6 Å². The maximum atomic E-state index is 15.2. The number of nitrogens with one attached hydrogen (secondary N) is 1. The second kappa shape index (κ2) is 9.46. The van der Waals surface area contributed by atoms with E-state index in [9.17, 15) is 13.7 Å². The molecular weight excluding hydrogens is 495 g/mol. The fourth-order valence-electron chi connectivity index (χ4n) is 4.11. The fraction of sp³-hybridized carbons (Fsp3) is 0. The Morgan fingerprint density at radius 1 is 0.889 bits per heavy atom. The first-order valence-electron chi connectivity index (χ1n) is 11.0. The maximum absolute atomic E-state index is 15.2. The summed E-state index contributed by atoms with van der Waals surface area (Å²) in [6.07, 6.45) is 1.33. The van der Waals surface area contributed by atoms with Crippen LogP contribution in [0.1, 0.15) is 5.56 Å². The smallest absolute Gasteiger partial charge is 0.216 e. The van der Waals surface area contributed by atoms with Gasteiger partial charge in [-0.3, -0.25) is 0 Å². The van der Waals surface area contributed by atoms with Gasteiger partial charge in [-0.15, -0.1) is 0 Å². The predicted octanol–water partition coefficient (Wildman–Crippen LogP) is 7.63. The monoisotopic (exact) mass is 512 g/mol. The van der Waals surface area contributed by atoms with Crippen molar-refractivity contribution in [3.8, 4) is 28.5 Å². The highest BCUT2D eigenvalue weighted by atomic mass is 35.5. The van der Waals surface area contributed by atoms with Gasteiger partial charge in [-0.1, -0.05) is 72.3 Å². The summed E-state index contributed by atoms with van der Waals surface area (Å²) in [5.41, 5.74) is 3.44. The Morgan fingerprint density at radius 3 is 2.28 bits per heavy atom. The van der Waals surface area contributed by atoms with Gasteiger partial charge in [0.1, 0.15) is 16.8 Å². The molecule has 0 amide bonds. The minimum absolute atomic E-state index is 0.0423. The van der Waals surface area contributed by atoms with Crippen molar-refractivity contribution in [3.05, 3.63) is 118 Å². The number of benzene rings is 4. The molecule has 0 saturated heterocycles. The molecule has 0 aliphatic carbocycles. The number of aromatic nitrogens is 1. The van der Waals surface area contributed by atoms with E-state index in [1.165, 1.54) is 36.4 Å². The number of hydrogen-bond acceptors (Lipinski definition) is 3. The van der Waals surface area contributed by atoms with Crippen LogP contribution in [0.4, 0.5) is 4.39 Å². The Bertz CT molecular complexity index is 1770. The molecule has 0 fully saturated rings. The second-order valence-corrected chi connectivity index (χ2v) is 10.5. The number of H-pyrrole nitrogens is 1. The SMILES string of the molecule is N#CC(=Cc1c(-c2ccc(-c3ccccc3)c(F)c2)[nH]c2ccccc12)S(=O)(=O)c1ccc(Cl)cc1. The van der Waals surface area contributed by atoms with E-state index < -0.39 is 20.6 Å². The third-order valence-electron chi connectivity index (χ3n) is 5.89. The Morgan fingerprint density at radius 2 is 1.58 bits per heavy atom. The number of nitrogens with zero attached hydrogens (tertiary/aromatic N) is 1. The lowest BCUT2D eigenvalue weighted by Crippen LogP contribution is -2.03. The van der Waals surface area contributed by atoms with Crippen LogP contribution in [-0.2, 0) is 9.84 Å². The molecule has 1 N–H and O–H groups in total. The summed E-state index contributed by atoms with van der Waals surface area (Å²) in [4.78, 5) is 2.79. The molecule has 0 aliphatic rings. The van der Waals surface area contributed by atoms with Gasteiger partial charge in [0.15, 0.2) is 0 Å². The van der Waals surface area contributed by atoms with Crippen LogP contribution in [0.5, 0.6) is 0 Å². The molecule has 36 heavy (non-hydrogen) atoms. The van der Waals surface area contributed by atoms with Crippen molar-refractivity contribution in [1.29, 1.82) is 5.26 Å². The molecular formula is C29H18ClFN2O2S. The van der Waals surface area contributed by atoms with Crippen LogP contribution >= 0.6 is 11.6 Å². The number of nitriles is 1. The van der Waals surface area contributed by atoms with Crippen molar-refractivity contribution < 1.29 is 12.8 Å². The fourth-order valence-corrected chi connectivity index (χ4v) is 5.37. The molecule has 0 bridgehead atoms.